The molecule has 1 saturated heterocycles. The highest BCUT2D eigenvalue weighted by Crippen LogP contribution is 2.33. The molecule has 166 valence electrons. The second kappa shape index (κ2) is 9.74. The molecule has 1 fully saturated rings. The van der Waals surface area contributed by atoms with Crippen LogP contribution >= 0.6 is 0 Å². The molecule has 0 aromatic heterocycles. The zero-order valence-electron chi connectivity index (χ0n) is 18.2. The first-order valence-electron chi connectivity index (χ1n) is 11.1. The zero-order chi connectivity index (χ0) is 22.7. The van der Waals surface area contributed by atoms with Crippen molar-refractivity contribution in [3.8, 4) is 22.3 Å². The molecule has 1 aliphatic rings. The minimum Gasteiger partial charge on any atom is -0.378 e. The van der Waals surface area contributed by atoms with Crippen LogP contribution in [0.4, 0.5) is 13.2 Å². The molecule has 1 heterocycles. The van der Waals surface area contributed by atoms with E-state index in [0.717, 1.165) is 18.4 Å². The SMILES string of the molecule is C=CCCc1ccc(-c2ccc(-c3ccc(C4CCC(C)OC4)cc3F)cc2)c(F)c1F. The standard InChI is InChI=1S/C28H27F3O/c1-3-4-5-21-12-15-25(28(31)27(21)30)20-10-8-19(9-11-20)24-14-13-22(16-26(24)29)23-7-6-18(2)32-17-23/h3,8-16,18,23H,1,4-7,17H2,2H3. The Morgan fingerprint density at radius 1 is 0.906 bits per heavy atom. The van der Waals surface area contributed by atoms with Crippen molar-refractivity contribution in [3.05, 3.63) is 95.8 Å². The average Bonchev–Trinajstić information content (AvgIpc) is 2.81. The molecule has 2 atom stereocenters. The maximum atomic E-state index is 14.9. The van der Waals surface area contributed by atoms with Gasteiger partial charge in [-0.3, -0.25) is 0 Å². The van der Waals surface area contributed by atoms with Gasteiger partial charge in [-0.2, -0.15) is 0 Å². The highest BCUT2D eigenvalue weighted by molar-refractivity contribution is 5.71. The molecule has 0 spiro atoms. The Kier molecular flexibility index (Phi) is 6.80. The van der Waals surface area contributed by atoms with Gasteiger partial charge in [0.1, 0.15) is 5.82 Å². The lowest BCUT2D eigenvalue weighted by Crippen LogP contribution is -2.22. The predicted octanol–water partition coefficient (Wildman–Crippen LogP) is 7.84. The van der Waals surface area contributed by atoms with Crippen LogP contribution in [0.3, 0.4) is 0 Å². The summed E-state index contributed by atoms with van der Waals surface area (Å²) in [5, 5.41) is 0. The second-order valence-electron chi connectivity index (χ2n) is 8.46. The van der Waals surface area contributed by atoms with E-state index in [-0.39, 0.29) is 23.4 Å². The van der Waals surface area contributed by atoms with Crippen molar-refractivity contribution in [3.63, 3.8) is 0 Å². The number of ether oxygens (including phenoxy) is 1. The van der Waals surface area contributed by atoms with Gasteiger partial charge in [0, 0.05) is 17.0 Å². The maximum absolute atomic E-state index is 14.9. The van der Waals surface area contributed by atoms with Crippen LogP contribution in [0.5, 0.6) is 0 Å². The van der Waals surface area contributed by atoms with E-state index in [0.29, 0.717) is 41.7 Å². The summed E-state index contributed by atoms with van der Waals surface area (Å²) in [7, 11) is 0. The van der Waals surface area contributed by atoms with Gasteiger partial charge in [0.2, 0.25) is 0 Å². The summed E-state index contributed by atoms with van der Waals surface area (Å²) in [6, 6.07) is 15.4. The van der Waals surface area contributed by atoms with Crippen molar-refractivity contribution in [2.45, 2.75) is 44.6 Å². The smallest absolute Gasteiger partial charge is 0.166 e. The molecule has 4 rings (SSSR count). The largest absolute Gasteiger partial charge is 0.378 e. The maximum Gasteiger partial charge on any atom is 0.166 e. The summed E-state index contributed by atoms with van der Waals surface area (Å²) in [6.45, 7) is 6.29. The van der Waals surface area contributed by atoms with E-state index in [1.807, 2.05) is 6.07 Å². The highest BCUT2D eigenvalue weighted by atomic mass is 19.2. The number of benzene rings is 3. The fourth-order valence-corrected chi connectivity index (χ4v) is 4.26. The molecular weight excluding hydrogens is 409 g/mol. The Morgan fingerprint density at radius 2 is 1.59 bits per heavy atom. The molecular formula is C28H27F3O. The van der Waals surface area contributed by atoms with E-state index in [9.17, 15) is 13.2 Å². The molecule has 0 radical (unpaired) electrons. The molecule has 32 heavy (non-hydrogen) atoms. The predicted molar refractivity (Wildman–Crippen MR) is 123 cm³/mol. The Morgan fingerprint density at radius 3 is 2.22 bits per heavy atom. The van der Waals surface area contributed by atoms with E-state index in [1.165, 1.54) is 0 Å². The van der Waals surface area contributed by atoms with E-state index in [2.05, 4.69) is 13.5 Å². The molecule has 0 saturated carbocycles. The van der Waals surface area contributed by atoms with Gasteiger partial charge in [-0.1, -0.05) is 54.6 Å². The third-order valence-electron chi connectivity index (χ3n) is 6.26. The van der Waals surface area contributed by atoms with Crippen molar-refractivity contribution in [2.24, 2.45) is 0 Å². The fourth-order valence-electron chi connectivity index (χ4n) is 4.26. The zero-order valence-corrected chi connectivity index (χ0v) is 18.2. The van der Waals surface area contributed by atoms with Crippen LogP contribution in [0.2, 0.25) is 0 Å². The minimum absolute atomic E-state index is 0.193. The van der Waals surface area contributed by atoms with E-state index < -0.39 is 11.6 Å². The molecule has 3 aromatic rings. The van der Waals surface area contributed by atoms with Crippen molar-refractivity contribution < 1.29 is 17.9 Å². The number of rotatable bonds is 6. The molecule has 3 aromatic carbocycles. The fraction of sp³-hybridized carbons (Fsp3) is 0.286. The molecule has 1 nitrogen and oxygen atoms in total. The summed E-state index contributed by atoms with van der Waals surface area (Å²) in [5.74, 6) is -1.77. The Labute approximate surface area is 187 Å². The Bertz CT molecular complexity index is 1100. The first-order chi connectivity index (χ1) is 15.5. The topological polar surface area (TPSA) is 9.23 Å². The normalized spacial score (nSPS) is 18.5. The van der Waals surface area contributed by atoms with Crippen molar-refractivity contribution in [1.29, 1.82) is 0 Å². The number of hydrogen-bond acceptors (Lipinski definition) is 1. The van der Waals surface area contributed by atoms with Crippen molar-refractivity contribution >= 4 is 0 Å². The van der Waals surface area contributed by atoms with Crippen LogP contribution in [0.25, 0.3) is 22.3 Å². The number of allylic oxidation sites excluding steroid dienone is 1. The lowest BCUT2D eigenvalue weighted by atomic mass is 9.90. The van der Waals surface area contributed by atoms with Crippen molar-refractivity contribution in [1.82, 2.24) is 0 Å². The summed E-state index contributed by atoms with van der Waals surface area (Å²) in [6.07, 6.45) is 4.90. The van der Waals surface area contributed by atoms with Crippen LogP contribution in [0, 0.1) is 17.5 Å². The van der Waals surface area contributed by atoms with E-state index >= 15 is 0 Å². The van der Waals surface area contributed by atoms with Crippen LogP contribution < -0.4 is 0 Å². The quantitative estimate of drug-likeness (QED) is 0.358. The number of halogens is 3. The van der Waals surface area contributed by atoms with Crippen LogP contribution in [0.1, 0.15) is 43.2 Å². The van der Waals surface area contributed by atoms with Gasteiger partial charge >= 0.3 is 0 Å². The molecule has 0 N–H and O–H groups in total. The van der Waals surface area contributed by atoms with Gasteiger partial charge in [0.25, 0.3) is 0 Å². The van der Waals surface area contributed by atoms with Gasteiger partial charge in [-0.05, 0) is 60.9 Å². The number of aryl methyl sites for hydroxylation is 1. The van der Waals surface area contributed by atoms with Gasteiger partial charge in [-0.25, -0.2) is 13.2 Å². The highest BCUT2D eigenvalue weighted by Gasteiger charge is 2.21. The Balaban J connectivity index is 1.55. The summed E-state index contributed by atoms with van der Waals surface area (Å²) < 4.78 is 49.7. The first kappa shape index (κ1) is 22.3. The van der Waals surface area contributed by atoms with Crippen LogP contribution in [0.15, 0.2) is 67.3 Å². The molecule has 0 bridgehead atoms. The second-order valence-corrected chi connectivity index (χ2v) is 8.46. The lowest BCUT2D eigenvalue weighted by Gasteiger charge is -2.27. The van der Waals surface area contributed by atoms with E-state index in [1.54, 1.807) is 54.6 Å². The summed E-state index contributed by atoms with van der Waals surface area (Å²) in [5.41, 5.74) is 3.20. The van der Waals surface area contributed by atoms with Crippen molar-refractivity contribution in [2.75, 3.05) is 6.61 Å². The monoisotopic (exact) mass is 436 g/mol. The van der Waals surface area contributed by atoms with Gasteiger partial charge < -0.3 is 4.74 Å². The minimum atomic E-state index is -0.862. The third-order valence-corrected chi connectivity index (χ3v) is 6.26. The molecule has 0 aliphatic carbocycles. The third kappa shape index (κ3) is 4.66. The van der Waals surface area contributed by atoms with Gasteiger partial charge in [0.05, 0.1) is 12.7 Å². The first-order valence-corrected chi connectivity index (χ1v) is 11.1. The average molecular weight is 437 g/mol. The Hall–Kier alpha value is -2.85. The molecule has 4 heteroatoms. The van der Waals surface area contributed by atoms with Crippen LogP contribution in [-0.2, 0) is 11.2 Å². The van der Waals surface area contributed by atoms with Gasteiger partial charge in [0.15, 0.2) is 11.6 Å². The molecule has 2 unspecified atom stereocenters. The summed E-state index contributed by atoms with van der Waals surface area (Å²) in [4.78, 5) is 0. The molecule has 0 amide bonds. The van der Waals surface area contributed by atoms with Crippen LogP contribution in [-0.4, -0.2) is 12.7 Å². The number of hydrogen-bond donors (Lipinski definition) is 0. The summed E-state index contributed by atoms with van der Waals surface area (Å²) >= 11 is 0. The van der Waals surface area contributed by atoms with E-state index in [4.69, 9.17) is 4.74 Å². The van der Waals surface area contributed by atoms with Gasteiger partial charge in [-0.15, -0.1) is 6.58 Å². The lowest BCUT2D eigenvalue weighted by molar-refractivity contribution is 0.0154. The molecule has 1 aliphatic heterocycles.